The Hall–Kier alpha value is -1.23. The first kappa shape index (κ1) is 9.33. The molecule has 0 spiro atoms. The van der Waals surface area contributed by atoms with Crippen molar-refractivity contribution < 1.29 is 9.53 Å². The number of rotatable bonds is 1. The molecule has 5 heteroatoms. The molecule has 0 radical (unpaired) electrons. The molecule has 0 unspecified atom stereocenters. The summed E-state index contributed by atoms with van der Waals surface area (Å²) in [6, 6.07) is 3.53. The van der Waals surface area contributed by atoms with Crippen LogP contribution in [0.1, 0.15) is 10.5 Å². The molecule has 1 N–H and O–H groups in total. The third kappa shape index (κ3) is 1.68. The van der Waals surface area contributed by atoms with Crippen molar-refractivity contribution in [1.29, 1.82) is 0 Å². The molecule has 4 nitrogen and oxygen atoms in total. The number of carbonyl (C=O) groups excluding carboxylic acids is 1. The van der Waals surface area contributed by atoms with Crippen molar-refractivity contribution >= 4 is 23.4 Å². The second-order valence-electron chi connectivity index (χ2n) is 2.82. The lowest BCUT2D eigenvalue weighted by molar-refractivity contribution is 0.0593. The van der Waals surface area contributed by atoms with E-state index in [1.165, 1.54) is 7.11 Å². The number of thioether (sulfide) groups is 1. The highest BCUT2D eigenvalue weighted by molar-refractivity contribution is 7.99. The molecule has 0 amide bonds. The molecular formula is C9H10N2O2S. The summed E-state index contributed by atoms with van der Waals surface area (Å²) < 4.78 is 4.60. The number of anilines is 1. The molecule has 0 fully saturated rings. The van der Waals surface area contributed by atoms with E-state index in [0.717, 1.165) is 23.0 Å². The zero-order valence-corrected chi connectivity index (χ0v) is 8.56. The van der Waals surface area contributed by atoms with Gasteiger partial charge in [0.25, 0.3) is 0 Å². The molecule has 0 saturated heterocycles. The first-order valence-corrected chi connectivity index (χ1v) is 5.26. The number of carbonyl (C=O) groups is 1. The van der Waals surface area contributed by atoms with Gasteiger partial charge in [0.1, 0.15) is 10.7 Å². The molecule has 1 aliphatic rings. The summed E-state index contributed by atoms with van der Waals surface area (Å²) in [6.45, 7) is 0.941. The van der Waals surface area contributed by atoms with E-state index in [-0.39, 0.29) is 5.97 Å². The Morgan fingerprint density at radius 1 is 1.64 bits per heavy atom. The van der Waals surface area contributed by atoms with Crippen molar-refractivity contribution in [2.24, 2.45) is 0 Å². The lowest BCUT2D eigenvalue weighted by atomic mass is 10.3. The predicted molar refractivity (Wildman–Crippen MR) is 54.8 cm³/mol. The standard InChI is InChI=1S/C9H10N2O2S/c1-13-9(12)7-3-2-6-8(11-7)14-5-4-10-6/h2-3,10H,4-5H2,1H3. The van der Waals surface area contributed by atoms with Gasteiger partial charge >= 0.3 is 5.97 Å². The summed E-state index contributed by atoms with van der Waals surface area (Å²) in [4.78, 5) is 15.4. The predicted octanol–water partition coefficient (Wildman–Crippen LogP) is 1.39. The number of ether oxygens (including phenoxy) is 1. The Balaban J connectivity index is 2.33. The van der Waals surface area contributed by atoms with Gasteiger partial charge in [-0.3, -0.25) is 0 Å². The van der Waals surface area contributed by atoms with Crippen LogP contribution < -0.4 is 5.32 Å². The third-order valence-electron chi connectivity index (χ3n) is 1.91. The van der Waals surface area contributed by atoms with Crippen molar-refractivity contribution in [3.05, 3.63) is 17.8 Å². The van der Waals surface area contributed by atoms with Crippen LogP contribution in [-0.2, 0) is 4.74 Å². The van der Waals surface area contributed by atoms with E-state index in [9.17, 15) is 4.79 Å². The smallest absolute Gasteiger partial charge is 0.356 e. The van der Waals surface area contributed by atoms with Crippen LogP contribution in [0.2, 0.25) is 0 Å². The molecule has 0 atom stereocenters. The molecule has 2 heterocycles. The van der Waals surface area contributed by atoms with E-state index in [1.807, 2.05) is 6.07 Å². The molecule has 0 aliphatic carbocycles. The van der Waals surface area contributed by atoms with Crippen molar-refractivity contribution in [3.8, 4) is 0 Å². The average Bonchev–Trinajstić information content (AvgIpc) is 2.27. The number of esters is 1. The number of hydrogen-bond donors (Lipinski definition) is 1. The minimum atomic E-state index is -0.390. The van der Waals surface area contributed by atoms with Crippen molar-refractivity contribution in [2.75, 3.05) is 24.7 Å². The van der Waals surface area contributed by atoms with Gasteiger partial charge in [0, 0.05) is 12.3 Å². The number of aromatic nitrogens is 1. The summed E-state index contributed by atoms with van der Waals surface area (Å²) in [5.74, 6) is 0.587. The Kier molecular flexibility index (Phi) is 2.58. The molecule has 2 rings (SSSR count). The first-order chi connectivity index (χ1) is 6.81. The molecular weight excluding hydrogens is 200 g/mol. The summed E-state index contributed by atoms with van der Waals surface area (Å²) in [5, 5.41) is 4.09. The first-order valence-electron chi connectivity index (χ1n) is 4.27. The summed E-state index contributed by atoms with van der Waals surface area (Å²) >= 11 is 1.65. The molecule has 1 aromatic heterocycles. The Morgan fingerprint density at radius 2 is 2.50 bits per heavy atom. The van der Waals surface area contributed by atoms with Gasteiger partial charge in [-0.15, -0.1) is 11.8 Å². The van der Waals surface area contributed by atoms with Gasteiger partial charge in [-0.25, -0.2) is 9.78 Å². The summed E-state index contributed by atoms with van der Waals surface area (Å²) in [5.41, 5.74) is 1.36. The van der Waals surface area contributed by atoms with Crippen LogP contribution in [0.4, 0.5) is 5.69 Å². The van der Waals surface area contributed by atoms with Gasteiger partial charge in [0.05, 0.1) is 12.8 Å². The topological polar surface area (TPSA) is 51.2 Å². The Morgan fingerprint density at radius 3 is 3.29 bits per heavy atom. The summed E-state index contributed by atoms with van der Waals surface area (Å²) in [7, 11) is 1.36. The van der Waals surface area contributed by atoms with Gasteiger partial charge in [0.2, 0.25) is 0 Å². The maximum atomic E-state index is 11.2. The third-order valence-corrected chi connectivity index (χ3v) is 2.90. The van der Waals surface area contributed by atoms with Crippen LogP contribution in [-0.4, -0.2) is 30.4 Å². The van der Waals surface area contributed by atoms with Crippen LogP contribution in [0.15, 0.2) is 17.2 Å². The molecule has 1 aromatic rings. The van der Waals surface area contributed by atoms with Gasteiger partial charge in [-0.2, -0.15) is 0 Å². The van der Waals surface area contributed by atoms with Crippen LogP contribution in [0, 0.1) is 0 Å². The van der Waals surface area contributed by atoms with Gasteiger partial charge in [0.15, 0.2) is 0 Å². The maximum Gasteiger partial charge on any atom is 0.356 e. The lowest BCUT2D eigenvalue weighted by Gasteiger charge is -2.16. The van der Waals surface area contributed by atoms with Crippen LogP contribution >= 0.6 is 11.8 Å². The number of fused-ring (bicyclic) bond motifs is 1. The minimum Gasteiger partial charge on any atom is -0.464 e. The SMILES string of the molecule is COC(=O)c1ccc2c(n1)SCCN2. The van der Waals surface area contributed by atoms with Gasteiger partial charge in [-0.1, -0.05) is 0 Å². The van der Waals surface area contributed by atoms with Crippen LogP contribution in [0.3, 0.4) is 0 Å². The number of nitrogens with one attached hydrogen (secondary N) is 1. The maximum absolute atomic E-state index is 11.2. The Labute approximate surface area is 86.1 Å². The highest BCUT2D eigenvalue weighted by Crippen LogP contribution is 2.28. The van der Waals surface area contributed by atoms with Gasteiger partial charge < -0.3 is 10.1 Å². The van der Waals surface area contributed by atoms with Crippen molar-refractivity contribution in [2.45, 2.75) is 5.03 Å². The van der Waals surface area contributed by atoms with E-state index in [1.54, 1.807) is 17.8 Å². The fourth-order valence-corrected chi connectivity index (χ4v) is 2.09. The molecule has 74 valence electrons. The molecule has 14 heavy (non-hydrogen) atoms. The molecule has 0 bridgehead atoms. The largest absolute Gasteiger partial charge is 0.464 e. The monoisotopic (exact) mass is 210 g/mol. The fraction of sp³-hybridized carbons (Fsp3) is 0.333. The van der Waals surface area contributed by atoms with Crippen molar-refractivity contribution in [1.82, 2.24) is 4.98 Å². The average molecular weight is 210 g/mol. The van der Waals surface area contributed by atoms with E-state index in [2.05, 4.69) is 15.0 Å². The molecule has 1 aliphatic heterocycles. The van der Waals surface area contributed by atoms with E-state index < -0.39 is 0 Å². The highest BCUT2D eigenvalue weighted by atomic mass is 32.2. The van der Waals surface area contributed by atoms with Gasteiger partial charge in [-0.05, 0) is 12.1 Å². The number of nitrogens with zero attached hydrogens (tertiary/aromatic N) is 1. The lowest BCUT2D eigenvalue weighted by Crippen LogP contribution is -2.13. The normalized spacial score (nSPS) is 14.1. The second kappa shape index (κ2) is 3.88. The summed E-state index contributed by atoms with van der Waals surface area (Å²) in [6.07, 6.45) is 0. The molecule has 0 aromatic carbocycles. The van der Waals surface area contributed by atoms with E-state index in [0.29, 0.717) is 5.69 Å². The number of methoxy groups -OCH3 is 1. The van der Waals surface area contributed by atoms with E-state index >= 15 is 0 Å². The highest BCUT2D eigenvalue weighted by Gasteiger charge is 2.14. The molecule has 0 saturated carbocycles. The van der Waals surface area contributed by atoms with Crippen LogP contribution in [0.5, 0.6) is 0 Å². The zero-order valence-electron chi connectivity index (χ0n) is 7.74. The quantitative estimate of drug-likeness (QED) is 0.710. The van der Waals surface area contributed by atoms with Crippen LogP contribution in [0.25, 0.3) is 0 Å². The minimum absolute atomic E-state index is 0.363. The van der Waals surface area contributed by atoms with E-state index in [4.69, 9.17) is 0 Å². The second-order valence-corrected chi connectivity index (χ2v) is 3.90. The number of hydrogen-bond acceptors (Lipinski definition) is 5. The zero-order chi connectivity index (χ0) is 9.97. The Bertz CT molecular complexity index is 368. The van der Waals surface area contributed by atoms with Crippen molar-refractivity contribution in [3.63, 3.8) is 0 Å². The number of pyridine rings is 1. The fourth-order valence-electron chi connectivity index (χ4n) is 1.24.